The number of hydrogen-bond acceptors (Lipinski definition) is 4. The van der Waals surface area contributed by atoms with Crippen molar-refractivity contribution in [1.82, 2.24) is 19.7 Å². The number of aromatic nitrogens is 4. The van der Waals surface area contributed by atoms with Crippen molar-refractivity contribution in [2.45, 2.75) is 19.3 Å². The summed E-state index contributed by atoms with van der Waals surface area (Å²) in [5.74, 6) is -0.570. The molecule has 0 atom stereocenters. The minimum atomic E-state index is -4.82. The molecule has 154 valence electrons. The summed E-state index contributed by atoms with van der Waals surface area (Å²) in [5, 5.41) is 7.08. The Morgan fingerprint density at radius 2 is 1.97 bits per heavy atom. The molecule has 3 aromatic heterocycles. The number of benzene rings is 1. The molecule has 0 aliphatic carbocycles. The number of alkyl halides is 3. The second-order valence-electron chi connectivity index (χ2n) is 6.47. The number of nitrogens with one attached hydrogen (secondary N) is 2. The number of rotatable bonds is 6. The number of hydrogen-bond donors (Lipinski definition) is 2. The van der Waals surface area contributed by atoms with E-state index in [9.17, 15) is 18.0 Å². The van der Waals surface area contributed by atoms with Crippen LogP contribution >= 0.6 is 0 Å². The van der Waals surface area contributed by atoms with E-state index in [4.69, 9.17) is 0 Å². The van der Waals surface area contributed by atoms with Gasteiger partial charge in [0.2, 0.25) is 0 Å². The molecule has 2 N–H and O–H groups in total. The van der Waals surface area contributed by atoms with E-state index in [0.29, 0.717) is 17.9 Å². The Morgan fingerprint density at radius 1 is 1.17 bits per heavy atom. The number of amides is 1. The molecule has 1 amide bonds. The van der Waals surface area contributed by atoms with Crippen LogP contribution in [-0.2, 0) is 13.0 Å². The monoisotopic (exact) mass is 415 g/mol. The molecule has 1 aromatic carbocycles. The lowest BCUT2D eigenvalue weighted by Crippen LogP contribution is -2.17. The van der Waals surface area contributed by atoms with E-state index in [2.05, 4.69) is 25.1 Å². The van der Waals surface area contributed by atoms with Gasteiger partial charge in [-0.15, -0.1) is 13.2 Å². The third kappa shape index (κ3) is 4.59. The molecule has 0 spiro atoms. The first-order valence-electron chi connectivity index (χ1n) is 8.98. The second kappa shape index (κ2) is 7.90. The van der Waals surface area contributed by atoms with Gasteiger partial charge in [-0.3, -0.25) is 14.5 Å². The Morgan fingerprint density at radius 3 is 2.73 bits per heavy atom. The smallest absolute Gasteiger partial charge is 0.405 e. The van der Waals surface area contributed by atoms with Crippen LogP contribution in [0.25, 0.3) is 10.9 Å². The number of carbonyl (C=O) groups is 1. The van der Waals surface area contributed by atoms with E-state index >= 15 is 0 Å². The average Bonchev–Trinajstić information content (AvgIpc) is 3.33. The highest BCUT2D eigenvalue weighted by Crippen LogP contribution is 2.31. The summed E-state index contributed by atoms with van der Waals surface area (Å²) in [4.78, 5) is 19.3. The van der Waals surface area contributed by atoms with E-state index < -0.39 is 12.3 Å². The van der Waals surface area contributed by atoms with Gasteiger partial charge >= 0.3 is 6.36 Å². The van der Waals surface area contributed by atoms with Gasteiger partial charge in [0.25, 0.3) is 5.91 Å². The minimum Gasteiger partial charge on any atom is -0.405 e. The molecular weight excluding hydrogens is 399 g/mol. The van der Waals surface area contributed by atoms with Crippen LogP contribution in [0.4, 0.5) is 19.0 Å². The molecule has 0 aliphatic rings. The van der Waals surface area contributed by atoms with Gasteiger partial charge in [0.1, 0.15) is 11.4 Å². The van der Waals surface area contributed by atoms with Crippen LogP contribution in [0.15, 0.2) is 61.1 Å². The molecule has 4 rings (SSSR count). The highest BCUT2D eigenvalue weighted by molar-refractivity contribution is 6.06. The topological polar surface area (TPSA) is 84.8 Å². The fourth-order valence-electron chi connectivity index (χ4n) is 2.99. The lowest BCUT2D eigenvalue weighted by molar-refractivity contribution is -0.274. The molecule has 0 bridgehead atoms. The maximum Gasteiger partial charge on any atom is 0.573 e. The zero-order valence-electron chi connectivity index (χ0n) is 15.5. The highest BCUT2D eigenvalue weighted by atomic mass is 19.4. The van der Waals surface area contributed by atoms with Crippen molar-refractivity contribution in [1.29, 1.82) is 0 Å². The number of halogens is 3. The van der Waals surface area contributed by atoms with Crippen LogP contribution in [0.5, 0.6) is 5.75 Å². The molecule has 3 heterocycles. The van der Waals surface area contributed by atoms with E-state index in [0.717, 1.165) is 12.0 Å². The lowest BCUT2D eigenvalue weighted by atomic mass is 10.2. The molecule has 7 nitrogen and oxygen atoms in total. The van der Waals surface area contributed by atoms with Gasteiger partial charge < -0.3 is 15.0 Å². The number of aromatic amines is 1. The first kappa shape index (κ1) is 19.5. The summed E-state index contributed by atoms with van der Waals surface area (Å²) in [7, 11) is 0. The maximum atomic E-state index is 12.6. The van der Waals surface area contributed by atoms with E-state index in [1.165, 1.54) is 18.2 Å². The number of aryl methyl sites for hydroxylation is 2. The summed E-state index contributed by atoms with van der Waals surface area (Å²) in [5.41, 5.74) is 1.56. The van der Waals surface area contributed by atoms with Crippen LogP contribution in [0, 0.1) is 0 Å². The van der Waals surface area contributed by atoms with Gasteiger partial charge in [-0.05, 0) is 42.3 Å². The molecule has 4 aromatic rings. The van der Waals surface area contributed by atoms with Crippen LogP contribution in [0.1, 0.15) is 16.1 Å². The zero-order valence-corrected chi connectivity index (χ0v) is 15.5. The first-order valence-corrected chi connectivity index (χ1v) is 8.98. The molecule has 0 saturated heterocycles. The van der Waals surface area contributed by atoms with E-state index in [1.54, 1.807) is 35.4 Å². The Kier molecular flexibility index (Phi) is 5.13. The summed E-state index contributed by atoms with van der Waals surface area (Å²) < 4.78 is 43.4. The van der Waals surface area contributed by atoms with Gasteiger partial charge in [0, 0.05) is 42.1 Å². The minimum absolute atomic E-state index is 0.0922. The van der Waals surface area contributed by atoms with Crippen molar-refractivity contribution in [3.05, 3.63) is 72.3 Å². The van der Waals surface area contributed by atoms with Crippen LogP contribution < -0.4 is 10.1 Å². The van der Waals surface area contributed by atoms with Gasteiger partial charge in [-0.2, -0.15) is 5.10 Å². The van der Waals surface area contributed by atoms with Gasteiger partial charge in [0.15, 0.2) is 5.82 Å². The van der Waals surface area contributed by atoms with Crippen molar-refractivity contribution in [2.75, 3.05) is 5.32 Å². The number of carbonyl (C=O) groups excluding carboxylic acids is 1. The lowest BCUT2D eigenvalue weighted by Gasteiger charge is -2.09. The number of anilines is 1. The fourth-order valence-corrected chi connectivity index (χ4v) is 2.99. The number of nitrogens with zero attached hydrogens (tertiary/aromatic N) is 3. The third-order valence-electron chi connectivity index (χ3n) is 4.36. The zero-order chi connectivity index (χ0) is 21.1. The molecule has 10 heteroatoms. The largest absolute Gasteiger partial charge is 0.573 e. The summed E-state index contributed by atoms with van der Waals surface area (Å²) >= 11 is 0. The van der Waals surface area contributed by atoms with E-state index in [-0.39, 0.29) is 16.8 Å². The van der Waals surface area contributed by atoms with Gasteiger partial charge in [-0.25, -0.2) is 0 Å². The van der Waals surface area contributed by atoms with Crippen LogP contribution in [-0.4, -0.2) is 32.0 Å². The van der Waals surface area contributed by atoms with Gasteiger partial charge in [0.05, 0.1) is 0 Å². The van der Waals surface area contributed by atoms with Gasteiger partial charge in [-0.1, -0.05) is 6.07 Å². The highest BCUT2D eigenvalue weighted by Gasteiger charge is 2.32. The summed E-state index contributed by atoms with van der Waals surface area (Å²) in [6, 6.07) is 10.9. The molecule has 0 radical (unpaired) electrons. The number of ether oxygens (including phenoxy) is 1. The maximum absolute atomic E-state index is 12.6. The Balaban J connectivity index is 1.44. The SMILES string of the molecule is O=C(Nc1ccn(CCc2ccncc2)n1)c1cc2c(OC(F)(F)F)cccc2[nH]1. The van der Waals surface area contributed by atoms with Crippen molar-refractivity contribution in [3.8, 4) is 5.75 Å². The van der Waals surface area contributed by atoms with Crippen molar-refractivity contribution >= 4 is 22.6 Å². The van der Waals surface area contributed by atoms with Crippen molar-refractivity contribution in [3.63, 3.8) is 0 Å². The van der Waals surface area contributed by atoms with Crippen LogP contribution in [0.3, 0.4) is 0 Å². The number of pyridine rings is 1. The molecule has 0 saturated carbocycles. The number of H-pyrrole nitrogens is 1. The molecule has 0 aliphatic heterocycles. The van der Waals surface area contributed by atoms with E-state index in [1.807, 2.05) is 12.1 Å². The third-order valence-corrected chi connectivity index (χ3v) is 4.36. The Bertz CT molecular complexity index is 1170. The summed E-state index contributed by atoms with van der Waals surface area (Å²) in [6.07, 6.45) is 1.10. The summed E-state index contributed by atoms with van der Waals surface area (Å²) in [6.45, 7) is 0.615. The first-order chi connectivity index (χ1) is 14.4. The second-order valence-corrected chi connectivity index (χ2v) is 6.47. The Labute approximate surface area is 168 Å². The molecule has 0 fully saturated rings. The molecule has 30 heavy (non-hydrogen) atoms. The van der Waals surface area contributed by atoms with Crippen molar-refractivity contribution in [2.24, 2.45) is 0 Å². The Hall–Kier alpha value is -3.82. The predicted octanol–water partition coefficient (Wildman–Crippen LogP) is 4.15. The van der Waals surface area contributed by atoms with Crippen LogP contribution in [0.2, 0.25) is 0 Å². The van der Waals surface area contributed by atoms with Crippen molar-refractivity contribution < 1.29 is 22.7 Å². The number of fused-ring (bicyclic) bond motifs is 1. The standard InChI is InChI=1S/C20H16F3N5O2/c21-20(22,23)30-17-3-1-2-15-14(17)12-16(25-15)19(29)26-18-7-11-28(27-18)10-6-13-4-8-24-9-5-13/h1-5,7-9,11-12,25H,6,10H2,(H,26,27,29). The quantitative estimate of drug-likeness (QED) is 0.495. The average molecular weight is 415 g/mol. The molecular formula is C20H16F3N5O2. The molecule has 0 unspecified atom stereocenters. The fraction of sp³-hybridized carbons (Fsp3) is 0.150. The normalized spacial score (nSPS) is 11.6. The predicted molar refractivity (Wildman–Crippen MR) is 103 cm³/mol.